The van der Waals surface area contributed by atoms with Crippen molar-refractivity contribution in [2.45, 2.75) is 39.2 Å². The molecule has 0 radical (unpaired) electrons. The summed E-state index contributed by atoms with van der Waals surface area (Å²) in [5.74, 6) is 0. The van der Waals surface area contributed by atoms with E-state index in [1.807, 2.05) is 0 Å². The molecule has 0 N–H and O–H groups in total. The van der Waals surface area contributed by atoms with Gasteiger partial charge in [0.15, 0.2) is 0 Å². The maximum absolute atomic E-state index is 6.76. The van der Waals surface area contributed by atoms with Crippen LogP contribution >= 0.6 is 0 Å². The molecule has 0 saturated carbocycles. The van der Waals surface area contributed by atoms with E-state index in [0.717, 1.165) is 13.0 Å². The Hall–Kier alpha value is -1.64. The van der Waals surface area contributed by atoms with Gasteiger partial charge in [-0.1, -0.05) is 93.6 Å². The average molecular weight is 325 g/mol. The Kier molecular flexibility index (Phi) is 5.97. The predicted octanol–water partition coefficient (Wildman–Crippen LogP) is 4.53. The molecule has 122 valence electrons. The van der Waals surface area contributed by atoms with E-state index in [2.05, 4.69) is 101 Å². The Bertz CT molecular complexity index is 572. The zero-order valence-electron chi connectivity index (χ0n) is 14.8. The maximum atomic E-state index is 6.76. The topological polar surface area (TPSA) is 9.23 Å². The summed E-state index contributed by atoms with van der Waals surface area (Å²) in [4.78, 5) is 0. The summed E-state index contributed by atoms with van der Waals surface area (Å²) in [5.41, 5.74) is 0. The molecule has 2 aromatic rings. The number of hydrogen-bond acceptors (Lipinski definition) is 1. The SMILES string of the molecule is C/C=C/CCO[Si](c1ccccc1)(c1ccccc1)C(C)(C)C. The van der Waals surface area contributed by atoms with Crippen LogP contribution in [0.2, 0.25) is 5.04 Å². The molecule has 0 fully saturated rings. The van der Waals surface area contributed by atoms with Crippen LogP contribution in [-0.2, 0) is 4.43 Å². The van der Waals surface area contributed by atoms with Gasteiger partial charge in [-0.3, -0.25) is 0 Å². The summed E-state index contributed by atoms with van der Waals surface area (Å²) in [6.07, 6.45) is 5.23. The van der Waals surface area contributed by atoms with Crippen molar-refractivity contribution >= 4 is 18.7 Å². The third-order valence-electron chi connectivity index (χ3n) is 4.26. The zero-order chi connectivity index (χ0) is 16.8. The average Bonchev–Trinajstić information content (AvgIpc) is 2.55. The van der Waals surface area contributed by atoms with E-state index in [1.54, 1.807) is 0 Å². The minimum Gasteiger partial charge on any atom is -0.407 e. The van der Waals surface area contributed by atoms with Gasteiger partial charge in [0.2, 0.25) is 0 Å². The fraction of sp³-hybridized carbons (Fsp3) is 0.333. The van der Waals surface area contributed by atoms with Crippen LogP contribution in [0.3, 0.4) is 0 Å². The second kappa shape index (κ2) is 7.76. The van der Waals surface area contributed by atoms with Crippen molar-refractivity contribution in [1.82, 2.24) is 0 Å². The lowest BCUT2D eigenvalue weighted by Crippen LogP contribution is -2.66. The van der Waals surface area contributed by atoms with Crippen molar-refractivity contribution in [3.63, 3.8) is 0 Å². The van der Waals surface area contributed by atoms with Crippen molar-refractivity contribution < 1.29 is 4.43 Å². The van der Waals surface area contributed by atoms with Gasteiger partial charge in [-0.25, -0.2) is 0 Å². The second-order valence-electron chi connectivity index (χ2n) is 6.87. The highest BCUT2D eigenvalue weighted by Gasteiger charge is 2.49. The fourth-order valence-electron chi connectivity index (χ4n) is 3.21. The van der Waals surface area contributed by atoms with E-state index < -0.39 is 8.32 Å². The van der Waals surface area contributed by atoms with Crippen LogP contribution in [0.1, 0.15) is 34.1 Å². The normalized spacial score (nSPS) is 12.7. The lowest BCUT2D eigenvalue weighted by molar-refractivity contribution is 0.304. The number of benzene rings is 2. The first-order valence-electron chi connectivity index (χ1n) is 8.38. The van der Waals surface area contributed by atoms with E-state index >= 15 is 0 Å². The Labute approximate surface area is 142 Å². The molecule has 2 aromatic carbocycles. The first kappa shape index (κ1) is 17.7. The van der Waals surface area contributed by atoms with Crippen molar-refractivity contribution in [1.29, 1.82) is 0 Å². The van der Waals surface area contributed by atoms with Crippen LogP contribution in [0.4, 0.5) is 0 Å². The summed E-state index contributed by atoms with van der Waals surface area (Å²) >= 11 is 0. The highest BCUT2D eigenvalue weighted by molar-refractivity contribution is 6.99. The standard InChI is InChI=1S/C21H28OSi/c1-5-6-13-18-22-23(21(2,3)4,19-14-9-7-10-15-19)20-16-11-8-12-17-20/h5-12,14-17H,13,18H2,1-4H3/b6-5+. The quantitative estimate of drug-likeness (QED) is 0.431. The molecular formula is C21H28OSi. The van der Waals surface area contributed by atoms with Crippen molar-refractivity contribution in [3.05, 3.63) is 72.8 Å². The van der Waals surface area contributed by atoms with Gasteiger partial charge in [0.25, 0.3) is 8.32 Å². The Balaban J connectivity index is 2.55. The molecule has 2 rings (SSSR count). The Morgan fingerprint density at radius 3 is 1.74 bits per heavy atom. The zero-order valence-corrected chi connectivity index (χ0v) is 15.8. The van der Waals surface area contributed by atoms with Crippen molar-refractivity contribution in [2.75, 3.05) is 6.61 Å². The van der Waals surface area contributed by atoms with Gasteiger partial charge >= 0.3 is 0 Å². The maximum Gasteiger partial charge on any atom is 0.261 e. The number of rotatable bonds is 6. The second-order valence-corrected chi connectivity index (χ2v) is 11.2. The van der Waals surface area contributed by atoms with Crippen LogP contribution < -0.4 is 10.4 Å². The van der Waals surface area contributed by atoms with Crippen LogP contribution in [0.25, 0.3) is 0 Å². The molecule has 0 saturated heterocycles. The molecular weight excluding hydrogens is 296 g/mol. The van der Waals surface area contributed by atoms with E-state index in [0.29, 0.717) is 0 Å². The molecule has 0 atom stereocenters. The first-order valence-corrected chi connectivity index (χ1v) is 10.3. The highest BCUT2D eigenvalue weighted by Crippen LogP contribution is 2.36. The number of hydrogen-bond donors (Lipinski definition) is 0. The van der Waals surface area contributed by atoms with Crippen LogP contribution in [-0.4, -0.2) is 14.9 Å². The van der Waals surface area contributed by atoms with E-state index in [4.69, 9.17) is 4.43 Å². The minimum atomic E-state index is -2.33. The molecule has 0 unspecified atom stereocenters. The van der Waals surface area contributed by atoms with Gasteiger partial charge in [-0.05, 0) is 28.8 Å². The minimum absolute atomic E-state index is 0.0611. The molecule has 0 aliphatic carbocycles. The third kappa shape index (κ3) is 3.82. The predicted molar refractivity (Wildman–Crippen MR) is 103 cm³/mol. The van der Waals surface area contributed by atoms with Gasteiger partial charge in [0, 0.05) is 6.61 Å². The monoisotopic (exact) mass is 324 g/mol. The molecule has 0 amide bonds. The van der Waals surface area contributed by atoms with Gasteiger partial charge in [-0.2, -0.15) is 0 Å². The lowest BCUT2D eigenvalue weighted by Gasteiger charge is -2.43. The summed E-state index contributed by atoms with van der Waals surface area (Å²) in [5, 5.41) is 2.75. The molecule has 0 heterocycles. The molecule has 1 nitrogen and oxygen atoms in total. The molecule has 0 aliphatic heterocycles. The van der Waals surface area contributed by atoms with Gasteiger partial charge < -0.3 is 4.43 Å². The van der Waals surface area contributed by atoms with E-state index in [-0.39, 0.29) is 5.04 Å². The molecule has 0 aromatic heterocycles. The van der Waals surface area contributed by atoms with E-state index in [1.165, 1.54) is 10.4 Å². The van der Waals surface area contributed by atoms with Gasteiger partial charge in [0.1, 0.15) is 0 Å². The van der Waals surface area contributed by atoms with Crippen LogP contribution in [0, 0.1) is 0 Å². The molecule has 2 heteroatoms. The van der Waals surface area contributed by atoms with E-state index in [9.17, 15) is 0 Å². The smallest absolute Gasteiger partial charge is 0.261 e. The Morgan fingerprint density at radius 1 is 0.870 bits per heavy atom. The van der Waals surface area contributed by atoms with Crippen LogP contribution in [0.5, 0.6) is 0 Å². The van der Waals surface area contributed by atoms with Crippen LogP contribution in [0.15, 0.2) is 72.8 Å². The summed E-state index contributed by atoms with van der Waals surface area (Å²) < 4.78 is 6.76. The lowest BCUT2D eigenvalue weighted by atomic mass is 10.2. The molecule has 23 heavy (non-hydrogen) atoms. The third-order valence-corrected chi connectivity index (χ3v) is 9.30. The highest BCUT2D eigenvalue weighted by atomic mass is 28.4. The first-order chi connectivity index (χ1) is 11.0. The fourth-order valence-corrected chi connectivity index (χ4v) is 7.79. The van der Waals surface area contributed by atoms with Crippen molar-refractivity contribution in [2.24, 2.45) is 0 Å². The van der Waals surface area contributed by atoms with Crippen molar-refractivity contribution in [3.8, 4) is 0 Å². The largest absolute Gasteiger partial charge is 0.407 e. The summed E-state index contributed by atoms with van der Waals surface area (Å²) in [6, 6.07) is 21.6. The summed E-state index contributed by atoms with van der Waals surface area (Å²) in [7, 11) is -2.33. The van der Waals surface area contributed by atoms with Gasteiger partial charge in [-0.15, -0.1) is 0 Å². The van der Waals surface area contributed by atoms with Gasteiger partial charge in [0.05, 0.1) is 0 Å². The summed E-state index contributed by atoms with van der Waals surface area (Å²) in [6.45, 7) is 9.76. The molecule has 0 aliphatic rings. The number of allylic oxidation sites excluding steroid dienone is 1. The molecule has 0 bridgehead atoms. The molecule has 0 spiro atoms. The Morgan fingerprint density at radius 2 is 1.35 bits per heavy atom.